The van der Waals surface area contributed by atoms with Gasteiger partial charge in [-0.2, -0.15) is 15.0 Å². The summed E-state index contributed by atoms with van der Waals surface area (Å²) in [5, 5.41) is -0.460. The largest absolute Gasteiger partial charge is 0.493 e. The number of aromatic nitrogens is 3. The summed E-state index contributed by atoms with van der Waals surface area (Å²) in [6.45, 7) is 6.02. The first-order valence-electron chi connectivity index (χ1n) is 14.3. The standard InChI is InChI=1S/C28H33N7O7S/c1-39-21-16-19(17-22-24(37)35(28(38)43-22)18-23(36)32-6-2-3-7-32)4-5-20(21)42-27-30-25(33-8-12-40-13-9-33)29-26(31-27)34-10-14-41-15-11-34/h4-5,16-17H,2-3,6-15,18H2,1H3/b22-17-. The van der Waals surface area contributed by atoms with Crippen molar-refractivity contribution in [3.05, 3.63) is 28.7 Å². The minimum absolute atomic E-state index is 0.118. The van der Waals surface area contributed by atoms with Crippen molar-refractivity contribution in [3.63, 3.8) is 0 Å². The molecule has 0 unspecified atom stereocenters. The van der Waals surface area contributed by atoms with Gasteiger partial charge in [-0.1, -0.05) is 6.07 Å². The minimum Gasteiger partial charge on any atom is -0.493 e. The van der Waals surface area contributed by atoms with Gasteiger partial charge in [0.15, 0.2) is 11.5 Å². The van der Waals surface area contributed by atoms with E-state index in [1.807, 2.05) is 9.80 Å². The highest BCUT2D eigenvalue weighted by Crippen LogP contribution is 2.36. The molecule has 0 spiro atoms. The number of nitrogens with zero attached hydrogens (tertiary/aromatic N) is 7. The van der Waals surface area contributed by atoms with Gasteiger partial charge in [0.25, 0.3) is 11.1 Å². The van der Waals surface area contributed by atoms with Gasteiger partial charge in [-0.05, 0) is 48.4 Å². The van der Waals surface area contributed by atoms with Crippen molar-refractivity contribution in [1.29, 1.82) is 0 Å². The molecule has 3 amide bonds. The summed E-state index contributed by atoms with van der Waals surface area (Å²) in [7, 11) is 1.51. The molecule has 1 aromatic carbocycles. The monoisotopic (exact) mass is 611 g/mol. The van der Waals surface area contributed by atoms with Crippen molar-refractivity contribution < 1.29 is 33.3 Å². The van der Waals surface area contributed by atoms with Crippen LogP contribution in [0.25, 0.3) is 6.08 Å². The van der Waals surface area contributed by atoms with Crippen LogP contribution in [0, 0.1) is 0 Å². The van der Waals surface area contributed by atoms with Crippen molar-refractivity contribution in [2.75, 3.05) is 89.2 Å². The summed E-state index contributed by atoms with van der Waals surface area (Å²) in [6, 6.07) is 5.26. The number of ether oxygens (including phenoxy) is 4. The Morgan fingerprint density at radius 2 is 1.53 bits per heavy atom. The average Bonchev–Trinajstić information content (AvgIpc) is 3.68. The van der Waals surface area contributed by atoms with E-state index in [0.29, 0.717) is 94.7 Å². The Balaban J connectivity index is 1.21. The van der Waals surface area contributed by atoms with Crippen molar-refractivity contribution in [2.45, 2.75) is 12.8 Å². The Bertz CT molecular complexity index is 1370. The van der Waals surface area contributed by atoms with Gasteiger partial charge in [-0.25, -0.2) is 0 Å². The number of thioether (sulfide) groups is 1. The third kappa shape index (κ3) is 6.68. The Kier molecular flexibility index (Phi) is 8.90. The number of benzene rings is 1. The summed E-state index contributed by atoms with van der Waals surface area (Å²) in [4.78, 5) is 59.0. The molecule has 5 heterocycles. The highest BCUT2D eigenvalue weighted by Gasteiger charge is 2.37. The molecule has 1 aromatic heterocycles. The molecule has 14 nitrogen and oxygen atoms in total. The second-order valence-corrected chi connectivity index (χ2v) is 11.3. The third-order valence-electron chi connectivity index (χ3n) is 7.49. The molecule has 6 rings (SSSR count). The molecule has 43 heavy (non-hydrogen) atoms. The topological polar surface area (TPSA) is 140 Å². The van der Waals surface area contributed by atoms with E-state index in [4.69, 9.17) is 23.9 Å². The van der Waals surface area contributed by atoms with Gasteiger partial charge in [0.2, 0.25) is 17.8 Å². The number of carbonyl (C=O) groups is 3. The number of carbonyl (C=O) groups excluding carboxylic acids is 3. The van der Waals surface area contributed by atoms with Gasteiger partial charge in [0, 0.05) is 39.3 Å². The molecule has 4 aliphatic heterocycles. The van der Waals surface area contributed by atoms with Gasteiger partial charge in [-0.3, -0.25) is 19.3 Å². The van der Waals surface area contributed by atoms with E-state index in [0.717, 1.165) is 29.5 Å². The molecule has 0 saturated carbocycles. The fourth-order valence-electron chi connectivity index (χ4n) is 5.14. The van der Waals surface area contributed by atoms with E-state index in [-0.39, 0.29) is 23.4 Å². The van der Waals surface area contributed by atoms with Crippen LogP contribution in [0.2, 0.25) is 0 Å². The molecule has 0 atom stereocenters. The molecule has 228 valence electrons. The van der Waals surface area contributed by atoms with E-state index in [1.54, 1.807) is 29.2 Å². The summed E-state index contributed by atoms with van der Waals surface area (Å²) < 4.78 is 22.7. The molecular weight excluding hydrogens is 578 g/mol. The number of amides is 3. The van der Waals surface area contributed by atoms with Gasteiger partial charge in [0.1, 0.15) is 6.54 Å². The quantitative estimate of drug-likeness (QED) is 0.403. The Morgan fingerprint density at radius 3 is 2.14 bits per heavy atom. The number of methoxy groups -OCH3 is 1. The van der Waals surface area contributed by atoms with Crippen LogP contribution in [0.4, 0.5) is 16.7 Å². The molecule has 0 bridgehead atoms. The number of anilines is 2. The lowest BCUT2D eigenvalue weighted by Gasteiger charge is -2.30. The number of hydrogen-bond donors (Lipinski definition) is 0. The highest BCUT2D eigenvalue weighted by atomic mass is 32.2. The maximum Gasteiger partial charge on any atom is 0.328 e. The first-order chi connectivity index (χ1) is 21.0. The van der Waals surface area contributed by atoms with Gasteiger partial charge >= 0.3 is 6.01 Å². The van der Waals surface area contributed by atoms with Crippen molar-refractivity contribution in [3.8, 4) is 17.5 Å². The number of likely N-dealkylation sites (tertiary alicyclic amines) is 1. The average molecular weight is 612 g/mol. The van der Waals surface area contributed by atoms with Crippen molar-refractivity contribution >= 4 is 46.8 Å². The molecule has 4 fully saturated rings. The predicted octanol–water partition coefficient (Wildman–Crippen LogP) is 2.00. The second-order valence-electron chi connectivity index (χ2n) is 10.3. The lowest BCUT2D eigenvalue weighted by molar-refractivity contribution is -0.135. The highest BCUT2D eigenvalue weighted by molar-refractivity contribution is 8.18. The summed E-state index contributed by atoms with van der Waals surface area (Å²) >= 11 is 0.813. The van der Waals surface area contributed by atoms with Gasteiger partial charge < -0.3 is 33.6 Å². The smallest absolute Gasteiger partial charge is 0.328 e. The first-order valence-corrected chi connectivity index (χ1v) is 15.1. The van der Waals surface area contributed by atoms with Crippen LogP contribution in [0.3, 0.4) is 0 Å². The normalized spacial score (nSPS) is 20.3. The second kappa shape index (κ2) is 13.1. The van der Waals surface area contributed by atoms with E-state index in [1.165, 1.54) is 7.11 Å². The van der Waals surface area contributed by atoms with E-state index < -0.39 is 11.1 Å². The zero-order valence-electron chi connectivity index (χ0n) is 23.9. The van der Waals surface area contributed by atoms with Crippen LogP contribution in [0.5, 0.6) is 17.5 Å². The lowest BCUT2D eigenvalue weighted by atomic mass is 10.2. The zero-order valence-corrected chi connectivity index (χ0v) is 24.7. The third-order valence-corrected chi connectivity index (χ3v) is 8.40. The minimum atomic E-state index is -0.488. The lowest BCUT2D eigenvalue weighted by Crippen LogP contribution is -2.40. The molecule has 0 radical (unpaired) electrons. The molecule has 0 N–H and O–H groups in total. The number of morpholine rings is 2. The maximum absolute atomic E-state index is 13.0. The zero-order chi connectivity index (χ0) is 29.8. The SMILES string of the molecule is COc1cc(/C=C2\SC(=O)N(CC(=O)N3CCCC3)C2=O)ccc1Oc1nc(N2CCOCC2)nc(N2CCOCC2)n1. The molecule has 0 aliphatic carbocycles. The van der Waals surface area contributed by atoms with Crippen LogP contribution >= 0.6 is 11.8 Å². The number of rotatable bonds is 8. The van der Waals surface area contributed by atoms with Crippen LogP contribution in [0.15, 0.2) is 23.1 Å². The fourth-order valence-corrected chi connectivity index (χ4v) is 5.98. The fraction of sp³-hybridized carbons (Fsp3) is 0.500. The summed E-state index contributed by atoms with van der Waals surface area (Å²) in [5.74, 6) is 1.07. The Hall–Kier alpha value is -3.95. The van der Waals surface area contributed by atoms with Crippen molar-refractivity contribution in [1.82, 2.24) is 24.8 Å². The predicted molar refractivity (Wildman–Crippen MR) is 157 cm³/mol. The Labute approximate surface area is 252 Å². The maximum atomic E-state index is 13.0. The van der Waals surface area contributed by atoms with E-state index in [9.17, 15) is 14.4 Å². The molecule has 15 heteroatoms. The van der Waals surface area contributed by atoms with Crippen LogP contribution in [-0.4, -0.2) is 121 Å². The van der Waals surface area contributed by atoms with Crippen LogP contribution in [-0.2, 0) is 19.1 Å². The summed E-state index contributed by atoms with van der Waals surface area (Å²) in [5.41, 5.74) is 0.624. The van der Waals surface area contributed by atoms with E-state index >= 15 is 0 Å². The summed E-state index contributed by atoms with van der Waals surface area (Å²) in [6.07, 6.45) is 3.48. The number of hydrogen-bond acceptors (Lipinski definition) is 13. The molecule has 4 saturated heterocycles. The van der Waals surface area contributed by atoms with E-state index in [2.05, 4.69) is 9.97 Å². The number of imide groups is 1. The Morgan fingerprint density at radius 1 is 0.907 bits per heavy atom. The molecule has 2 aromatic rings. The van der Waals surface area contributed by atoms with Gasteiger partial charge in [0.05, 0.1) is 38.4 Å². The molecular formula is C28H33N7O7S. The molecule has 4 aliphatic rings. The van der Waals surface area contributed by atoms with Crippen LogP contribution in [0.1, 0.15) is 18.4 Å². The van der Waals surface area contributed by atoms with Crippen LogP contribution < -0.4 is 19.3 Å². The van der Waals surface area contributed by atoms with Crippen molar-refractivity contribution in [2.24, 2.45) is 0 Å². The first kappa shape index (κ1) is 29.1. The van der Waals surface area contributed by atoms with Gasteiger partial charge in [-0.15, -0.1) is 0 Å².